The number of esters is 1. The first-order valence-corrected chi connectivity index (χ1v) is 8.90. The summed E-state index contributed by atoms with van der Waals surface area (Å²) in [5, 5.41) is 0. The summed E-state index contributed by atoms with van der Waals surface area (Å²) in [6, 6.07) is 2.67. The molecule has 1 aliphatic heterocycles. The molecular formula is C19H25F3O3. The molecule has 2 unspecified atom stereocenters. The fourth-order valence-electron chi connectivity index (χ4n) is 3.15. The summed E-state index contributed by atoms with van der Waals surface area (Å²) in [6.45, 7) is 4.12. The predicted octanol–water partition coefficient (Wildman–Crippen LogP) is 5.22. The highest BCUT2D eigenvalue weighted by Crippen LogP contribution is 2.33. The molecule has 1 saturated heterocycles. The van der Waals surface area contributed by atoms with Crippen molar-refractivity contribution in [3.05, 3.63) is 29.1 Å². The van der Waals surface area contributed by atoms with Crippen molar-refractivity contribution >= 4 is 5.97 Å². The first-order chi connectivity index (χ1) is 12.0. The fraction of sp³-hybridized carbons (Fsp3) is 0.632. The molecule has 0 bridgehead atoms. The van der Waals surface area contributed by atoms with E-state index in [-0.39, 0.29) is 18.3 Å². The Morgan fingerprint density at radius 3 is 2.60 bits per heavy atom. The molecule has 1 fully saturated rings. The van der Waals surface area contributed by atoms with E-state index in [0.717, 1.165) is 19.3 Å². The average molecular weight is 358 g/mol. The summed E-state index contributed by atoms with van der Waals surface area (Å²) in [6.07, 6.45) is 1.45. The SMILES string of the molecule is CCCc1ccc(OC(=O)C2CCC(CCC)OC2)c(F)c1C(F)F. The molecule has 0 spiro atoms. The van der Waals surface area contributed by atoms with Gasteiger partial charge in [-0.25, -0.2) is 13.2 Å². The predicted molar refractivity (Wildman–Crippen MR) is 88.4 cm³/mol. The number of halogens is 3. The van der Waals surface area contributed by atoms with Crippen LogP contribution in [-0.2, 0) is 16.0 Å². The lowest BCUT2D eigenvalue weighted by Crippen LogP contribution is -2.33. The van der Waals surface area contributed by atoms with Crippen molar-refractivity contribution in [2.75, 3.05) is 6.61 Å². The van der Waals surface area contributed by atoms with Gasteiger partial charge in [0.05, 0.1) is 24.2 Å². The van der Waals surface area contributed by atoms with Crippen molar-refractivity contribution in [1.82, 2.24) is 0 Å². The van der Waals surface area contributed by atoms with Crippen molar-refractivity contribution in [3.8, 4) is 5.75 Å². The van der Waals surface area contributed by atoms with Crippen LogP contribution >= 0.6 is 0 Å². The number of rotatable bonds is 7. The number of hydrogen-bond donors (Lipinski definition) is 0. The summed E-state index contributed by atoms with van der Waals surface area (Å²) in [5.74, 6) is -2.69. The maximum Gasteiger partial charge on any atom is 0.316 e. The van der Waals surface area contributed by atoms with Gasteiger partial charge < -0.3 is 9.47 Å². The molecule has 1 heterocycles. The van der Waals surface area contributed by atoms with Gasteiger partial charge in [0.25, 0.3) is 6.43 Å². The van der Waals surface area contributed by atoms with Crippen molar-refractivity contribution in [2.45, 2.75) is 64.9 Å². The molecule has 3 nitrogen and oxygen atoms in total. The lowest BCUT2D eigenvalue weighted by Gasteiger charge is -2.27. The van der Waals surface area contributed by atoms with Crippen LogP contribution in [0.4, 0.5) is 13.2 Å². The number of hydrogen-bond acceptors (Lipinski definition) is 3. The molecule has 140 valence electrons. The van der Waals surface area contributed by atoms with Gasteiger partial charge in [0, 0.05) is 0 Å². The number of carbonyl (C=O) groups excluding carboxylic acids is 1. The maximum atomic E-state index is 14.4. The second kappa shape index (κ2) is 9.22. The highest BCUT2D eigenvalue weighted by atomic mass is 19.3. The summed E-state index contributed by atoms with van der Waals surface area (Å²) in [4.78, 5) is 12.2. The number of carbonyl (C=O) groups is 1. The molecule has 0 radical (unpaired) electrons. The second-order valence-corrected chi connectivity index (χ2v) is 6.44. The van der Waals surface area contributed by atoms with Crippen LogP contribution in [0.15, 0.2) is 12.1 Å². The van der Waals surface area contributed by atoms with Crippen LogP contribution in [0, 0.1) is 11.7 Å². The summed E-state index contributed by atoms with van der Waals surface area (Å²) < 4.78 is 51.5. The lowest BCUT2D eigenvalue weighted by molar-refractivity contribution is -0.145. The third kappa shape index (κ3) is 4.97. The van der Waals surface area contributed by atoms with Crippen LogP contribution in [0.3, 0.4) is 0 Å². The molecule has 0 aromatic heterocycles. The van der Waals surface area contributed by atoms with Gasteiger partial charge in [-0.3, -0.25) is 4.79 Å². The van der Waals surface area contributed by atoms with E-state index >= 15 is 0 Å². The van der Waals surface area contributed by atoms with Crippen LogP contribution in [0.25, 0.3) is 0 Å². The van der Waals surface area contributed by atoms with Gasteiger partial charge in [0.2, 0.25) is 0 Å². The van der Waals surface area contributed by atoms with Crippen LogP contribution in [0.5, 0.6) is 5.75 Å². The molecule has 1 aromatic carbocycles. The van der Waals surface area contributed by atoms with Crippen LogP contribution < -0.4 is 4.74 Å². The highest BCUT2D eigenvalue weighted by molar-refractivity contribution is 5.75. The van der Waals surface area contributed by atoms with Gasteiger partial charge in [0.15, 0.2) is 11.6 Å². The van der Waals surface area contributed by atoms with Crippen LogP contribution in [0.1, 0.15) is 63.5 Å². The number of alkyl halides is 2. The molecule has 25 heavy (non-hydrogen) atoms. The maximum absolute atomic E-state index is 14.4. The van der Waals surface area contributed by atoms with Gasteiger partial charge >= 0.3 is 5.97 Å². The fourth-order valence-corrected chi connectivity index (χ4v) is 3.15. The van der Waals surface area contributed by atoms with Crippen LogP contribution in [-0.4, -0.2) is 18.7 Å². The summed E-state index contributed by atoms with van der Waals surface area (Å²) in [5.41, 5.74) is -0.423. The van der Waals surface area contributed by atoms with E-state index in [1.807, 2.05) is 6.92 Å². The minimum atomic E-state index is -2.95. The summed E-state index contributed by atoms with van der Waals surface area (Å²) >= 11 is 0. The van der Waals surface area contributed by atoms with E-state index in [2.05, 4.69) is 6.92 Å². The molecule has 1 aliphatic rings. The molecule has 0 saturated carbocycles. The Balaban J connectivity index is 2.07. The smallest absolute Gasteiger partial charge is 0.316 e. The number of benzene rings is 1. The molecule has 0 N–H and O–H groups in total. The molecule has 0 amide bonds. The van der Waals surface area contributed by atoms with Crippen molar-refractivity contribution in [1.29, 1.82) is 0 Å². The van der Waals surface area contributed by atoms with E-state index in [4.69, 9.17) is 9.47 Å². The zero-order chi connectivity index (χ0) is 18.4. The normalized spacial score (nSPS) is 20.7. The molecule has 0 aliphatic carbocycles. The minimum absolute atomic E-state index is 0.143. The number of aryl methyl sites for hydroxylation is 1. The van der Waals surface area contributed by atoms with Crippen molar-refractivity contribution in [2.24, 2.45) is 5.92 Å². The van der Waals surface area contributed by atoms with Gasteiger partial charge in [-0.2, -0.15) is 0 Å². The first-order valence-electron chi connectivity index (χ1n) is 8.90. The Bertz CT molecular complexity index is 582. The van der Waals surface area contributed by atoms with E-state index < -0.39 is 35.4 Å². The second-order valence-electron chi connectivity index (χ2n) is 6.44. The molecule has 2 rings (SSSR count). The third-order valence-corrected chi connectivity index (χ3v) is 4.50. The van der Waals surface area contributed by atoms with Gasteiger partial charge in [-0.15, -0.1) is 0 Å². The van der Waals surface area contributed by atoms with Gasteiger partial charge in [-0.1, -0.05) is 32.8 Å². The number of ether oxygens (including phenoxy) is 2. The van der Waals surface area contributed by atoms with E-state index in [9.17, 15) is 18.0 Å². The largest absolute Gasteiger partial charge is 0.423 e. The first kappa shape index (κ1) is 19.8. The van der Waals surface area contributed by atoms with Crippen molar-refractivity contribution < 1.29 is 27.4 Å². The van der Waals surface area contributed by atoms with E-state index in [1.165, 1.54) is 12.1 Å². The Labute approximate surface area is 146 Å². The Morgan fingerprint density at radius 2 is 2.04 bits per heavy atom. The van der Waals surface area contributed by atoms with Crippen molar-refractivity contribution in [3.63, 3.8) is 0 Å². The molecule has 1 aromatic rings. The lowest BCUT2D eigenvalue weighted by atomic mass is 9.96. The molecule has 6 heteroatoms. The quantitative estimate of drug-likeness (QED) is 0.495. The monoisotopic (exact) mass is 358 g/mol. The zero-order valence-corrected chi connectivity index (χ0v) is 14.7. The Morgan fingerprint density at radius 1 is 1.28 bits per heavy atom. The standard InChI is InChI=1S/C19H25F3O3/c1-3-5-12-8-10-15(17(20)16(12)18(21)22)25-19(23)13-7-9-14(6-4-2)24-11-13/h8,10,13-14,18H,3-7,9,11H2,1-2H3. The molecular weight excluding hydrogens is 333 g/mol. The van der Waals surface area contributed by atoms with Gasteiger partial charge in [0.1, 0.15) is 0 Å². The van der Waals surface area contributed by atoms with E-state index in [0.29, 0.717) is 19.3 Å². The zero-order valence-electron chi connectivity index (χ0n) is 14.7. The third-order valence-electron chi connectivity index (χ3n) is 4.50. The average Bonchev–Trinajstić information content (AvgIpc) is 2.58. The molecule has 2 atom stereocenters. The Kier molecular flexibility index (Phi) is 7.29. The van der Waals surface area contributed by atoms with Gasteiger partial charge in [-0.05, 0) is 37.3 Å². The summed E-state index contributed by atoms with van der Waals surface area (Å²) in [7, 11) is 0. The van der Waals surface area contributed by atoms with E-state index in [1.54, 1.807) is 0 Å². The minimum Gasteiger partial charge on any atom is -0.423 e. The highest BCUT2D eigenvalue weighted by Gasteiger charge is 2.30. The Hall–Kier alpha value is -1.56. The van der Waals surface area contributed by atoms with Crippen LogP contribution in [0.2, 0.25) is 0 Å². The topological polar surface area (TPSA) is 35.5 Å².